The van der Waals surface area contributed by atoms with Crippen LogP contribution in [0.5, 0.6) is 0 Å². The van der Waals surface area contributed by atoms with Crippen LogP contribution in [-0.4, -0.2) is 57.6 Å². The van der Waals surface area contributed by atoms with E-state index in [1.807, 2.05) is 52.0 Å². The summed E-state index contributed by atoms with van der Waals surface area (Å²) in [5.74, 6) is -0.933. The van der Waals surface area contributed by atoms with E-state index in [1.165, 1.54) is 18.1 Å². The first kappa shape index (κ1) is 23.6. The molecule has 0 radical (unpaired) electrons. The van der Waals surface area contributed by atoms with Gasteiger partial charge in [-0.05, 0) is 57.0 Å². The van der Waals surface area contributed by atoms with Crippen LogP contribution in [0.25, 0.3) is 5.82 Å². The van der Waals surface area contributed by atoms with Crippen LogP contribution in [0.15, 0.2) is 42.6 Å². The van der Waals surface area contributed by atoms with Gasteiger partial charge in [-0.25, -0.2) is 14.5 Å². The van der Waals surface area contributed by atoms with Crippen LogP contribution in [-0.2, 0) is 14.3 Å². The third kappa shape index (κ3) is 5.82. The smallest absolute Gasteiger partial charge is 0.340 e. The molecule has 0 saturated heterocycles. The zero-order chi connectivity index (χ0) is 24.1. The van der Waals surface area contributed by atoms with E-state index >= 15 is 0 Å². The maximum atomic E-state index is 12.3. The summed E-state index contributed by atoms with van der Waals surface area (Å²) in [5.41, 5.74) is 4.59. The number of para-hydroxylation sites is 1. The van der Waals surface area contributed by atoms with Crippen molar-refractivity contribution in [2.75, 3.05) is 25.5 Å². The van der Waals surface area contributed by atoms with Crippen molar-refractivity contribution in [2.45, 2.75) is 27.7 Å². The molecule has 0 saturated carbocycles. The maximum Gasteiger partial charge on any atom is 0.340 e. The molecule has 2 heterocycles. The van der Waals surface area contributed by atoms with Crippen molar-refractivity contribution >= 4 is 23.5 Å². The molecule has 1 N–H and O–H groups in total. The fourth-order valence-corrected chi connectivity index (χ4v) is 3.31. The van der Waals surface area contributed by atoms with Crippen LogP contribution in [0.1, 0.15) is 32.9 Å². The van der Waals surface area contributed by atoms with Gasteiger partial charge < -0.3 is 15.0 Å². The number of ether oxygens (including phenoxy) is 1. The van der Waals surface area contributed by atoms with Gasteiger partial charge in [-0.3, -0.25) is 9.59 Å². The average molecular weight is 450 g/mol. The third-order valence-corrected chi connectivity index (χ3v) is 5.09. The first-order valence-corrected chi connectivity index (χ1v) is 10.4. The predicted octanol–water partition coefficient (Wildman–Crippen LogP) is 2.75. The molecule has 0 aliphatic rings. The number of aryl methyl sites for hydroxylation is 4. The fraction of sp³-hybridized carbons (Fsp3) is 0.292. The highest BCUT2D eigenvalue weighted by Crippen LogP contribution is 2.19. The molecular formula is C24H27N5O4. The van der Waals surface area contributed by atoms with E-state index in [-0.39, 0.29) is 18.0 Å². The lowest BCUT2D eigenvalue weighted by Crippen LogP contribution is -2.37. The van der Waals surface area contributed by atoms with E-state index in [4.69, 9.17) is 4.74 Å². The molecule has 2 aromatic heterocycles. The van der Waals surface area contributed by atoms with Gasteiger partial charge >= 0.3 is 5.97 Å². The highest BCUT2D eigenvalue weighted by atomic mass is 16.5. The third-order valence-electron chi connectivity index (χ3n) is 5.09. The summed E-state index contributed by atoms with van der Waals surface area (Å²) < 4.78 is 6.77. The molecule has 2 amide bonds. The van der Waals surface area contributed by atoms with Crippen LogP contribution in [0, 0.1) is 27.7 Å². The molecule has 0 aliphatic heterocycles. The van der Waals surface area contributed by atoms with E-state index in [0.717, 1.165) is 28.2 Å². The standard InChI is InChI=1S/C24H27N5O4/c1-15-7-6-8-16(2)23(15)26-21(30)13-28(5)22(31)14-33-24(32)19-9-10-20(25-12-19)29-18(4)11-17(3)27-29/h6-12H,13-14H2,1-5H3,(H,26,30). The number of pyridine rings is 1. The van der Waals surface area contributed by atoms with Gasteiger partial charge in [0, 0.05) is 24.6 Å². The summed E-state index contributed by atoms with van der Waals surface area (Å²) in [4.78, 5) is 42.4. The second-order valence-corrected chi connectivity index (χ2v) is 7.88. The van der Waals surface area contributed by atoms with Crippen molar-refractivity contribution < 1.29 is 19.1 Å². The number of rotatable bonds is 7. The molecule has 33 heavy (non-hydrogen) atoms. The number of nitrogens with one attached hydrogen (secondary N) is 1. The highest BCUT2D eigenvalue weighted by Gasteiger charge is 2.17. The van der Waals surface area contributed by atoms with E-state index < -0.39 is 18.5 Å². The summed E-state index contributed by atoms with van der Waals surface area (Å²) in [6, 6.07) is 10.8. The SMILES string of the molecule is Cc1cc(C)n(-c2ccc(C(=O)OCC(=O)N(C)CC(=O)Nc3c(C)cccc3C)cn2)n1. The zero-order valence-electron chi connectivity index (χ0n) is 19.4. The molecule has 3 rings (SSSR count). The molecule has 0 fully saturated rings. The van der Waals surface area contributed by atoms with Gasteiger partial charge in [0.25, 0.3) is 5.91 Å². The van der Waals surface area contributed by atoms with Crippen molar-refractivity contribution in [3.63, 3.8) is 0 Å². The Hall–Kier alpha value is -4.01. The van der Waals surface area contributed by atoms with Crippen molar-refractivity contribution in [3.05, 3.63) is 70.7 Å². The normalized spacial score (nSPS) is 10.6. The van der Waals surface area contributed by atoms with Crippen molar-refractivity contribution in [1.29, 1.82) is 0 Å². The maximum absolute atomic E-state index is 12.3. The minimum Gasteiger partial charge on any atom is -0.452 e. The summed E-state index contributed by atoms with van der Waals surface area (Å²) in [6.45, 7) is 6.95. The number of likely N-dealkylation sites (N-methyl/N-ethyl adjacent to an activating group) is 1. The van der Waals surface area contributed by atoms with Gasteiger partial charge in [0.1, 0.15) is 0 Å². The Morgan fingerprint density at radius 2 is 1.76 bits per heavy atom. The number of carbonyl (C=O) groups excluding carboxylic acids is 3. The number of nitrogens with zero attached hydrogens (tertiary/aromatic N) is 4. The van der Waals surface area contributed by atoms with Gasteiger partial charge in [-0.1, -0.05) is 18.2 Å². The molecular weight excluding hydrogens is 422 g/mol. The number of hydrogen-bond donors (Lipinski definition) is 1. The Balaban J connectivity index is 1.51. The number of hydrogen-bond acceptors (Lipinski definition) is 6. The Morgan fingerprint density at radius 1 is 1.06 bits per heavy atom. The minimum absolute atomic E-state index is 0.164. The lowest BCUT2D eigenvalue weighted by atomic mass is 10.1. The average Bonchev–Trinajstić information content (AvgIpc) is 3.12. The molecule has 9 nitrogen and oxygen atoms in total. The topological polar surface area (TPSA) is 106 Å². The van der Waals surface area contributed by atoms with Crippen LogP contribution in [0.4, 0.5) is 5.69 Å². The number of carbonyl (C=O) groups is 3. The minimum atomic E-state index is -0.677. The monoisotopic (exact) mass is 449 g/mol. The predicted molar refractivity (Wildman–Crippen MR) is 123 cm³/mol. The van der Waals surface area contributed by atoms with Gasteiger partial charge in [0.15, 0.2) is 12.4 Å². The van der Waals surface area contributed by atoms with Crippen LogP contribution >= 0.6 is 0 Å². The molecule has 0 aliphatic carbocycles. The Morgan fingerprint density at radius 3 is 2.33 bits per heavy atom. The first-order valence-electron chi connectivity index (χ1n) is 10.4. The molecule has 0 atom stereocenters. The van der Waals surface area contributed by atoms with Crippen LogP contribution in [0.3, 0.4) is 0 Å². The van der Waals surface area contributed by atoms with Gasteiger partial charge in [0.05, 0.1) is 17.8 Å². The van der Waals surface area contributed by atoms with Crippen LogP contribution < -0.4 is 5.32 Å². The number of aromatic nitrogens is 3. The molecule has 0 spiro atoms. The summed E-state index contributed by atoms with van der Waals surface area (Å²) >= 11 is 0. The molecule has 9 heteroatoms. The van der Waals surface area contributed by atoms with E-state index in [9.17, 15) is 14.4 Å². The van der Waals surface area contributed by atoms with Crippen molar-refractivity contribution in [1.82, 2.24) is 19.7 Å². The Bertz CT molecular complexity index is 1160. The van der Waals surface area contributed by atoms with E-state index in [1.54, 1.807) is 16.8 Å². The number of esters is 1. The first-order chi connectivity index (χ1) is 15.7. The molecule has 3 aromatic rings. The largest absolute Gasteiger partial charge is 0.452 e. The highest BCUT2D eigenvalue weighted by molar-refractivity contribution is 5.96. The molecule has 0 unspecified atom stereocenters. The summed E-state index contributed by atoms with van der Waals surface area (Å²) in [6.07, 6.45) is 1.38. The summed E-state index contributed by atoms with van der Waals surface area (Å²) in [7, 11) is 1.48. The number of amides is 2. The molecule has 172 valence electrons. The van der Waals surface area contributed by atoms with E-state index in [0.29, 0.717) is 5.82 Å². The fourth-order valence-electron chi connectivity index (χ4n) is 3.31. The molecule has 1 aromatic carbocycles. The second kappa shape index (κ2) is 10.1. The van der Waals surface area contributed by atoms with E-state index in [2.05, 4.69) is 15.4 Å². The summed E-state index contributed by atoms with van der Waals surface area (Å²) in [5, 5.41) is 7.17. The Labute approximate surface area is 192 Å². The number of benzene rings is 1. The van der Waals surface area contributed by atoms with Gasteiger partial charge in [-0.2, -0.15) is 5.10 Å². The number of anilines is 1. The van der Waals surface area contributed by atoms with Crippen LogP contribution in [0.2, 0.25) is 0 Å². The molecule has 0 bridgehead atoms. The van der Waals surface area contributed by atoms with Gasteiger partial charge in [-0.15, -0.1) is 0 Å². The lowest BCUT2D eigenvalue weighted by Gasteiger charge is -2.18. The Kier molecular flexibility index (Phi) is 7.22. The van der Waals surface area contributed by atoms with Gasteiger partial charge in [0.2, 0.25) is 5.91 Å². The van der Waals surface area contributed by atoms with Crippen molar-refractivity contribution in [2.24, 2.45) is 0 Å². The lowest BCUT2D eigenvalue weighted by molar-refractivity contribution is -0.136. The van der Waals surface area contributed by atoms with Crippen molar-refractivity contribution in [3.8, 4) is 5.82 Å². The zero-order valence-corrected chi connectivity index (χ0v) is 19.4. The second-order valence-electron chi connectivity index (χ2n) is 7.88. The quantitative estimate of drug-likeness (QED) is 0.556.